The number of nitro groups is 1. The van der Waals surface area contributed by atoms with Crippen LogP contribution >= 0.6 is 11.6 Å². The largest absolute Gasteiger partial charge is 0.468 e. The summed E-state index contributed by atoms with van der Waals surface area (Å²) in [5.74, 6) is -0.759. The van der Waals surface area contributed by atoms with Crippen LogP contribution in [0.2, 0.25) is 5.02 Å². The van der Waals surface area contributed by atoms with Crippen LogP contribution < -0.4 is 4.31 Å². The number of anilines is 1. The van der Waals surface area contributed by atoms with Crippen molar-refractivity contribution in [3.63, 3.8) is 0 Å². The highest BCUT2D eigenvalue weighted by atomic mass is 35.5. The molecule has 138 valence electrons. The zero-order chi connectivity index (χ0) is 19.5. The number of benzene rings is 2. The molecule has 0 N–H and O–H groups in total. The molecule has 0 amide bonds. The van der Waals surface area contributed by atoms with Crippen molar-refractivity contribution in [2.24, 2.45) is 0 Å². The molecule has 0 fully saturated rings. The number of sulfonamides is 1. The molecule has 0 bridgehead atoms. The Morgan fingerprint density at radius 2 is 1.85 bits per heavy atom. The summed E-state index contributed by atoms with van der Waals surface area (Å²) in [6.07, 6.45) is 0. The Morgan fingerprint density at radius 3 is 2.35 bits per heavy atom. The summed E-state index contributed by atoms with van der Waals surface area (Å²) in [5.41, 5.74) is 0.538. The molecule has 0 spiro atoms. The summed E-state index contributed by atoms with van der Waals surface area (Å²) < 4.78 is 31.5. The second-order valence-electron chi connectivity index (χ2n) is 5.27. The van der Waals surface area contributed by atoms with Gasteiger partial charge in [0.25, 0.3) is 15.7 Å². The predicted octanol–water partition coefficient (Wildman–Crippen LogP) is 2.92. The molecular weight excluding hydrogens is 384 g/mol. The molecule has 0 aliphatic carbocycles. The van der Waals surface area contributed by atoms with Crippen LogP contribution in [0, 0.1) is 17.0 Å². The molecule has 26 heavy (non-hydrogen) atoms. The molecule has 0 aliphatic rings. The number of rotatable bonds is 6. The smallest absolute Gasteiger partial charge is 0.326 e. The topological polar surface area (TPSA) is 107 Å². The van der Waals surface area contributed by atoms with Gasteiger partial charge >= 0.3 is 5.97 Å². The molecule has 0 saturated carbocycles. The van der Waals surface area contributed by atoms with Crippen molar-refractivity contribution in [2.45, 2.75) is 11.8 Å². The number of methoxy groups -OCH3 is 1. The molecule has 0 aliphatic heterocycles. The average Bonchev–Trinajstić information content (AvgIpc) is 2.60. The Kier molecular flexibility index (Phi) is 5.83. The maximum absolute atomic E-state index is 13.0. The van der Waals surface area contributed by atoms with Crippen LogP contribution in [0.15, 0.2) is 47.4 Å². The van der Waals surface area contributed by atoms with Crippen molar-refractivity contribution in [1.82, 2.24) is 0 Å². The van der Waals surface area contributed by atoms with Crippen LogP contribution in [0.4, 0.5) is 11.4 Å². The van der Waals surface area contributed by atoms with Crippen molar-refractivity contribution < 1.29 is 22.9 Å². The number of halogens is 1. The van der Waals surface area contributed by atoms with E-state index in [0.29, 0.717) is 10.6 Å². The summed E-state index contributed by atoms with van der Waals surface area (Å²) in [7, 11) is -3.02. The summed E-state index contributed by atoms with van der Waals surface area (Å²) >= 11 is 5.91. The quantitative estimate of drug-likeness (QED) is 0.420. The number of hydrogen-bond donors (Lipinski definition) is 0. The lowest BCUT2D eigenvalue weighted by molar-refractivity contribution is -0.384. The van der Waals surface area contributed by atoms with Gasteiger partial charge in [-0.15, -0.1) is 0 Å². The van der Waals surface area contributed by atoms with Crippen molar-refractivity contribution in [2.75, 3.05) is 18.0 Å². The monoisotopic (exact) mass is 398 g/mol. The Balaban J connectivity index is 2.55. The SMILES string of the molecule is COC(=O)CN(c1ccc(Cl)cc1C)S(=O)(=O)c1ccc([N+](=O)[O-])cc1. The molecule has 0 saturated heterocycles. The number of carbonyl (C=O) groups is 1. The van der Waals surface area contributed by atoms with Gasteiger partial charge in [-0.1, -0.05) is 11.6 Å². The number of nitro benzene ring substituents is 1. The molecule has 2 rings (SSSR count). The highest BCUT2D eigenvalue weighted by molar-refractivity contribution is 7.92. The van der Waals surface area contributed by atoms with Gasteiger partial charge in [0, 0.05) is 17.2 Å². The molecule has 8 nitrogen and oxygen atoms in total. The number of hydrogen-bond acceptors (Lipinski definition) is 6. The highest BCUT2D eigenvalue weighted by Gasteiger charge is 2.29. The highest BCUT2D eigenvalue weighted by Crippen LogP contribution is 2.29. The maximum Gasteiger partial charge on any atom is 0.326 e. The Bertz CT molecular complexity index is 944. The number of non-ortho nitro benzene ring substituents is 1. The third-order valence-electron chi connectivity index (χ3n) is 3.56. The van der Waals surface area contributed by atoms with E-state index in [-0.39, 0.29) is 16.3 Å². The number of carbonyl (C=O) groups excluding carboxylic acids is 1. The second kappa shape index (κ2) is 7.71. The van der Waals surface area contributed by atoms with Gasteiger partial charge in [-0.25, -0.2) is 8.42 Å². The number of aryl methyl sites for hydroxylation is 1. The molecule has 0 radical (unpaired) electrons. The Hall–Kier alpha value is -2.65. The van der Waals surface area contributed by atoms with Crippen LogP contribution in [-0.4, -0.2) is 33.0 Å². The first kappa shape index (κ1) is 19.7. The lowest BCUT2D eigenvalue weighted by atomic mass is 10.2. The van der Waals surface area contributed by atoms with Gasteiger partial charge in [0.05, 0.1) is 22.6 Å². The zero-order valence-corrected chi connectivity index (χ0v) is 15.5. The van der Waals surface area contributed by atoms with Gasteiger partial charge in [0.2, 0.25) is 0 Å². The minimum absolute atomic E-state index is 0.193. The van der Waals surface area contributed by atoms with Crippen LogP contribution in [0.1, 0.15) is 5.56 Å². The first-order chi connectivity index (χ1) is 12.2. The molecule has 0 unspecified atom stereocenters. The van der Waals surface area contributed by atoms with Crippen molar-refractivity contribution in [3.8, 4) is 0 Å². The second-order valence-corrected chi connectivity index (χ2v) is 7.57. The average molecular weight is 399 g/mol. The molecule has 2 aromatic rings. The minimum Gasteiger partial charge on any atom is -0.468 e. The van der Waals surface area contributed by atoms with Gasteiger partial charge in [0.1, 0.15) is 6.54 Å². The molecule has 0 heterocycles. The van der Waals surface area contributed by atoms with Crippen LogP contribution in [-0.2, 0) is 19.6 Å². The van der Waals surface area contributed by atoms with Gasteiger partial charge in [-0.05, 0) is 42.8 Å². The lowest BCUT2D eigenvalue weighted by Crippen LogP contribution is -2.36. The van der Waals surface area contributed by atoms with E-state index in [2.05, 4.69) is 4.74 Å². The maximum atomic E-state index is 13.0. The molecular formula is C16H15ClN2O6S. The van der Waals surface area contributed by atoms with Crippen molar-refractivity contribution in [3.05, 3.63) is 63.2 Å². The summed E-state index contributed by atoms with van der Waals surface area (Å²) in [4.78, 5) is 21.7. The Labute approximate surface area is 155 Å². The van der Waals surface area contributed by atoms with E-state index in [1.54, 1.807) is 13.0 Å². The van der Waals surface area contributed by atoms with E-state index >= 15 is 0 Å². The van der Waals surface area contributed by atoms with Gasteiger partial charge in [-0.3, -0.25) is 19.2 Å². The summed E-state index contributed by atoms with van der Waals surface area (Å²) in [5, 5.41) is 11.2. The normalized spacial score (nSPS) is 11.0. The number of esters is 1. The van der Waals surface area contributed by atoms with E-state index in [1.165, 1.54) is 12.1 Å². The third-order valence-corrected chi connectivity index (χ3v) is 5.57. The fourth-order valence-corrected chi connectivity index (χ4v) is 3.95. The Morgan fingerprint density at radius 1 is 1.23 bits per heavy atom. The molecule has 10 heteroatoms. The number of ether oxygens (including phenoxy) is 1. The van der Waals surface area contributed by atoms with E-state index < -0.39 is 27.5 Å². The molecule has 0 atom stereocenters. The van der Waals surface area contributed by atoms with Crippen LogP contribution in [0.5, 0.6) is 0 Å². The first-order valence-corrected chi connectivity index (χ1v) is 9.09. The van der Waals surface area contributed by atoms with E-state index in [9.17, 15) is 23.3 Å². The van der Waals surface area contributed by atoms with E-state index in [0.717, 1.165) is 35.7 Å². The van der Waals surface area contributed by atoms with E-state index in [4.69, 9.17) is 11.6 Å². The van der Waals surface area contributed by atoms with Gasteiger partial charge in [-0.2, -0.15) is 0 Å². The fourth-order valence-electron chi connectivity index (χ4n) is 2.25. The number of nitrogens with zero attached hydrogens (tertiary/aromatic N) is 2. The van der Waals surface area contributed by atoms with Crippen molar-refractivity contribution in [1.29, 1.82) is 0 Å². The first-order valence-electron chi connectivity index (χ1n) is 7.27. The van der Waals surface area contributed by atoms with Crippen molar-refractivity contribution >= 4 is 39.0 Å². The zero-order valence-electron chi connectivity index (χ0n) is 13.9. The lowest BCUT2D eigenvalue weighted by Gasteiger charge is -2.25. The van der Waals surface area contributed by atoms with Crippen LogP contribution in [0.25, 0.3) is 0 Å². The fraction of sp³-hybridized carbons (Fsp3) is 0.188. The van der Waals surface area contributed by atoms with E-state index in [1.807, 2.05) is 0 Å². The minimum atomic E-state index is -4.17. The van der Waals surface area contributed by atoms with Crippen LogP contribution in [0.3, 0.4) is 0 Å². The summed E-state index contributed by atoms with van der Waals surface area (Å²) in [6, 6.07) is 8.93. The van der Waals surface area contributed by atoms with Gasteiger partial charge < -0.3 is 4.74 Å². The predicted molar refractivity (Wildman–Crippen MR) is 95.8 cm³/mol. The van der Waals surface area contributed by atoms with Gasteiger partial charge in [0.15, 0.2) is 0 Å². The summed E-state index contributed by atoms with van der Waals surface area (Å²) in [6.45, 7) is 1.09. The molecule has 2 aromatic carbocycles. The molecule has 0 aromatic heterocycles. The standard InChI is InChI=1S/C16H15ClN2O6S/c1-11-9-12(17)3-8-15(11)18(10-16(20)25-2)26(23,24)14-6-4-13(5-7-14)19(21)22/h3-9H,10H2,1-2H3. The third kappa shape index (κ3) is 4.12.